The molecule has 0 N–H and O–H groups in total. The first-order chi connectivity index (χ1) is 11.2. The third kappa shape index (κ3) is 4.08. The van der Waals surface area contributed by atoms with Crippen molar-refractivity contribution < 1.29 is 30.9 Å². The van der Waals surface area contributed by atoms with E-state index in [9.17, 15) is 22.0 Å². The molecule has 0 bridgehead atoms. The minimum atomic E-state index is -4.47. The lowest BCUT2D eigenvalue weighted by molar-refractivity contribution is -0.0518. The summed E-state index contributed by atoms with van der Waals surface area (Å²) in [5.74, 6) is -1.11. The predicted molar refractivity (Wildman–Crippen MR) is 82.1 cm³/mol. The third-order valence-electron chi connectivity index (χ3n) is 3.05. The van der Waals surface area contributed by atoms with Crippen molar-refractivity contribution in [1.82, 2.24) is 0 Å². The molecular weight excluding hydrogens is 342 g/mol. The molecule has 2 rings (SSSR count). The second-order valence-electron chi connectivity index (χ2n) is 4.92. The van der Waals surface area contributed by atoms with Crippen molar-refractivity contribution in [2.24, 2.45) is 0 Å². The number of carbonyl (C=O) groups excluding carboxylic acids is 1. The standard InChI is InChI=1S/C16H14F2O5S/c1-10-7-8-13(12(9-10)11(2)19)23-24(20,21)15-6-4-3-5-14(15)22-16(17)18/h3-9,16H,1-2H3. The van der Waals surface area contributed by atoms with Gasteiger partial charge in [0.15, 0.2) is 11.5 Å². The van der Waals surface area contributed by atoms with Gasteiger partial charge in [-0.25, -0.2) is 0 Å². The predicted octanol–water partition coefficient (Wildman–Crippen LogP) is 3.57. The van der Waals surface area contributed by atoms with E-state index in [0.29, 0.717) is 0 Å². The van der Waals surface area contributed by atoms with E-state index in [1.54, 1.807) is 13.0 Å². The number of carbonyl (C=O) groups is 1. The summed E-state index contributed by atoms with van der Waals surface area (Å²) in [7, 11) is -4.47. The molecule has 24 heavy (non-hydrogen) atoms. The van der Waals surface area contributed by atoms with Gasteiger partial charge in [0.25, 0.3) is 0 Å². The van der Waals surface area contributed by atoms with E-state index in [2.05, 4.69) is 4.74 Å². The van der Waals surface area contributed by atoms with Crippen LogP contribution in [0, 0.1) is 6.92 Å². The molecule has 0 atom stereocenters. The number of hydrogen-bond donors (Lipinski definition) is 0. The van der Waals surface area contributed by atoms with Crippen LogP contribution in [-0.4, -0.2) is 20.8 Å². The molecule has 0 saturated heterocycles. The molecule has 0 radical (unpaired) electrons. The highest BCUT2D eigenvalue weighted by molar-refractivity contribution is 7.87. The number of hydrogen-bond acceptors (Lipinski definition) is 5. The molecule has 8 heteroatoms. The van der Waals surface area contributed by atoms with Crippen molar-refractivity contribution >= 4 is 15.9 Å². The molecule has 0 aliphatic heterocycles. The molecule has 0 aliphatic rings. The molecule has 5 nitrogen and oxygen atoms in total. The lowest BCUT2D eigenvalue weighted by atomic mass is 10.1. The topological polar surface area (TPSA) is 69.7 Å². The van der Waals surface area contributed by atoms with Crippen molar-refractivity contribution in [3.63, 3.8) is 0 Å². The summed E-state index contributed by atoms with van der Waals surface area (Å²) in [6, 6.07) is 9.24. The summed E-state index contributed by atoms with van der Waals surface area (Å²) in [5, 5.41) is 0. The van der Waals surface area contributed by atoms with Crippen LogP contribution in [0.3, 0.4) is 0 Å². The van der Waals surface area contributed by atoms with Crippen LogP contribution in [0.4, 0.5) is 8.78 Å². The van der Waals surface area contributed by atoms with Gasteiger partial charge in [0, 0.05) is 0 Å². The van der Waals surface area contributed by atoms with Gasteiger partial charge in [-0.15, -0.1) is 0 Å². The molecular formula is C16H14F2O5S. The van der Waals surface area contributed by atoms with Crippen LogP contribution in [0.15, 0.2) is 47.4 Å². The van der Waals surface area contributed by atoms with E-state index in [-0.39, 0.29) is 17.1 Å². The Kier molecular flexibility index (Phi) is 5.18. The Labute approximate surface area is 138 Å². The van der Waals surface area contributed by atoms with E-state index < -0.39 is 27.4 Å². The average Bonchev–Trinajstić information content (AvgIpc) is 2.48. The summed E-state index contributed by atoms with van der Waals surface area (Å²) in [6.07, 6.45) is 0. The van der Waals surface area contributed by atoms with Crippen LogP contribution in [0.5, 0.6) is 11.5 Å². The van der Waals surface area contributed by atoms with Gasteiger partial charge >= 0.3 is 16.7 Å². The van der Waals surface area contributed by atoms with Gasteiger partial charge in [-0.3, -0.25) is 4.79 Å². The van der Waals surface area contributed by atoms with E-state index >= 15 is 0 Å². The molecule has 0 saturated carbocycles. The third-order valence-corrected chi connectivity index (χ3v) is 4.32. The zero-order valence-corrected chi connectivity index (χ0v) is 13.6. The molecule has 0 spiro atoms. The average molecular weight is 356 g/mol. The molecule has 0 unspecified atom stereocenters. The Bertz CT molecular complexity index is 863. The largest absolute Gasteiger partial charge is 0.433 e. The Morgan fingerprint density at radius 3 is 2.38 bits per heavy atom. The number of benzene rings is 2. The van der Waals surface area contributed by atoms with E-state index in [0.717, 1.165) is 17.7 Å². The highest BCUT2D eigenvalue weighted by Gasteiger charge is 2.25. The van der Waals surface area contributed by atoms with Crippen LogP contribution in [0.25, 0.3) is 0 Å². The lowest BCUT2D eigenvalue weighted by Gasteiger charge is -2.13. The number of ether oxygens (including phenoxy) is 1. The molecule has 128 valence electrons. The van der Waals surface area contributed by atoms with Crippen molar-refractivity contribution in [2.75, 3.05) is 0 Å². The Morgan fingerprint density at radius 1 is 1.08 bits per heavy atom. The Balaban J connectivity index is 2.45. The number of aryl methyl sites for hydroxylation is 1. The summed E-state index contributed by atoms with van der Waals surface area (Å²) >= 11 is 0. The van der Waals surface area contributed by atoms with Gasteiger partial charge in [0.1, 0.15) is 10.6 Å². The Hall–Kier alpha value is -2.48. The molecule has 0 fully saturated rings. The Morgan fingerprint density at radius 2 is 1.75 bits per heavy atom. The SMILES string of the molecule is CC(=O)c1cc(C)ccc1OS(=O)(=O)c1ccccc1OC(F)F. The quantitative estimate of drug-likeness (QED) is 0.585. The number of alkyl halides is 2. The fourth-order valence-electron chi connectivity index (χ4n) is 2.00. The minimum Gasteiger partial charge on any atom is -0.433 e. The van der Waals surface area contributed by atoms with Crippen LogP contribution in [0.1, 0.15) is 22.8 Å². The zero-order chi connectivity index (χ0) is 17.9. The zero-order valence-electron chi connectivity index (χ0n) is 12.8. The molecule has 2 aromatic carbocycles. The van der Waals surface area contributed by atoms with E-state index in [1.165, 1.54) is 31.2 Å². The molecule has 0 heterocycles. The molecule has 2 aromatic rings. The molecule has 0 aromatic heterocycles. The summed E-state index contributed by atoms with van der Waals surface area (Å²) in [4.78, 5) is 11.1. The normalized spacial score (nSPS) is 11.4. The van der Waals surface area contributed by atoms with Gasteiger partial charge in [-0.2, -0.15) is 17.2 Å². The highest BCUT2D eigenvalue weighted by Crippen LogP contribution is 2.30. The van der Waals surface area contributed by atoms with Crippen molar-refractivity contribution in [3.8, 4) is 11.5 Å². The second-order valence-corrected chi connectivity index (χ2v) is 6.43. The number of ketones is 1. The minimum absolute atomic E-state index is 0.0748. The van der Waals surface area contributed by atoms with Gasteiger partial charge < -0.3 is 8.92 Å². The van der Waals surface area contributed by atoms with Crippen molar-refractivity contribution in [2.45, 2.75) is 25.4 Å². The number of halogens is 2. The van der Waals surface area contributed by atoms with E-state index in [1.807, 2.05) is 0 Å². The first-order valence-electron chi connectivity index (χ1n) is 6.80. The maximum Gasteiger partial charge on any atom is 0.387 e. The monoisotopic (exact) mass is 356 g/mol. The summed E-state index contributed by atoms with van der Waals surface area (Å²) < 4.78 is 58.9. The smallest absolute Gasteiger partial charge is 0.387 e. The first kappa shape index (κ1) is 17.9. The van der Waals surface area contributed by atoms with Gasteiger partial charge in [-0.1, -0.05) is 23.8 Å². The fourth-order valence-corrected chi connectivity index (χ4v) is 3.08. The van der Waals surface area contributed by atoms with Crippen LogP contribution in [0.2, 0.25) is 0 Å². The summed E-state index contributed by atoms with van der Waals surface area (Å²) in [6.45, 7) is -0.188. The number of Topliss-reactive ketones (excluding diaryl/α,β-unsaturated/α-hetero) is 1. The van der Waals surface area contributed by atoms with Crippen molar-refractivity contribution in [3.05, 3.63) is 53.6 Å². The van der Waals surface area contributed by atoms with Gasteiger partial charge in [-0.05, 0) is 38.1 Å². The number of rotatable bonds is 6. The van der Waals surface area contributed by atoms with Crippen LogP contribution < -0.4 is 8.92 Å². The maximum atomic E-state index is 12.4. The van der Waals surface area contributed by atoms with Crippen molar-refractivity contribution in [1.29, 1.82) is 0 Å². The van der Waals surface area contributed by atoms with E-state index in [4.69, 9.17) is 4.18 Å². The van der Waals surface area contributed by atoms with Crippen LogP contribution in [-0.2, 0) is 10.1 Å². The lowest BCUT2D eigenvalue weighted by Crippen LogP contribution is -2.14. The van der Waals surface area contributed by atoms with Crippen LogP contribution >= 0.6 is 0 Å². The molecule has 0 amide bonds. The van der Waals surface area contributed by atoms with Gasteiger partial charge in [0.2, 0.25) is 0 Å². The molecule has 0 aliphatic carbocycles. The van der Waals surface area contributed by atoms with Gasteiger partial charge in [0.05, 0.1) is 5.56 Å². The maximum absolute atomic E-state index is 12.4. The second kappa shape index (κ2) is 6.96. The first-order valence-corrected chi connectivity index (χ1v) is 8.21. The number of para-hydroxylation sites is 1. The fraction of sp³-hybridized carbons (Fsp3) is 0.188. The highest BCUT2D eigenvalue weighted by atomic mass is 32.2. The summed E-state index contributed by atoms with van der Waals surface area (Å²) in [5.41, 5.74) is 0.817.